The van der Waals surface area contributed by atoms with Gasteiger partial charge in [0.2, 0.25) is 0 Å². The number of hydrogen-bond acceptors (Lipinski definition) is 3. The first-order valence-corrected chi connectivity index (χ1v) is 7.80. The predicted octanol–water partition coefficient (Wildman–Crippen LogP) is 4.20. The van der Waals surface area contributed by atoms with Gasteiger partial charge >= 0.3 is 11.8 Å². The molecule has 0 radical (unpaired) electrons. The van der Waals surface area contributed by atoms with Crippen LogP contribution in [0, 0.1) is 13.8 Å². The molecule has 0 unspecified atom stereocenters. The van der Waals surface area contributed by atoms with Gasteiger partial charge in [0.1, 0.15) is 5.75 Å². The highest BCUT2D eigenvalue weighted by molar-refractivity contribution is 6.44. The van der Waals surface area contributed by atoms with Crippen molar-refractivity contribution in [2.24, 2.45) is 0 Å². The van der Waals surface area contributed by atoms with Gasteiger partial charge < -0.3 is 15.4 Å². The number of rotatable bonds is 3. The summed E-state index contributed by atoms with van der Waals surface area (Å²) < 4.78 is 5.17. The van der Waals surface area contributed by atoms with Gasteiger partial charge in [0, 0.05) is 21.8 Å². The van der Waals surface area contributed by atoms with E-state index in [-0.39, 0.29) is 0 Å². The van der Waals surface area contributed by atoms with Gasteiger partial charge in [0.25, 0.3) is 0 Å². The van der Waals surface area contributed by atoms with Crippen LogP contribution in [0.15, 0.2) is 30.3 Å². The van der Waals surface area contributed by atoms with Gasteiger partial charge in [-0.2, -0.15) is 0 Å². The maximum atomic E-state index is 12.1. The molecule has 5 nitrogen and oxygen atoms in total. The third-order valence-electron chi connectivity index (χ3n) is 3.37. The lowest BCUT2D eigenvalue weighted by Gasteiger charge is -2.13. The molecule has 0 aliphatic heterocycles. The first kappa shape index (κ1) is 18.1. The molecule has 2 aromatic rings. The summed E-state index contributed by atoms with van der Waals surface area (Å²) in [5, 5.41) is 6.12. The Labute approximate surface area is 149 Å². The fourth-order valence-corrected chi connectivity index (χ4v) is 2.44. The zero-order valence-electron chi connectivity index (χ0n) is 13.4. The van der Waals surface area contributed by atoms with Crippen molar-refractivity contribution in [3.63, 3.8) is 0 Å². The molecule has 0 atom stereocenters. The van der Waals surface area contributed by atoms with Crippen molar-refractivity contribution in [2.75, 3.05) is 17.7 Å². The summed E-state index contributed by atoms with van der Waals surface area (Å²) >= 11 is 11.9. The number of anilines is 2. The number of benzene rings is 2. The van der Waals surface area contributed by atoms with E-state index in [9.17, 15) is 9.59 Å². The van der Waals surface area contributed by atoms with Gasteiger partial charge in [-0.05, 0) is 49.2 Å². The molecule has 0 spiro atoms. The highest BCUT2D eigenvalue weighted by Crippen LogP contribution is 2.31. The Morgan fingerprint density at radius 3 is 2.12 bits per heavy atom. The van der Waals surface area contributed by atoms with Crippen LogP contribution in [0.1, 0.15) is 11.1 Å². The Hall–Kier alpha value is -2.24. The number of carbonyl (C=O) groups is 2. The van der Waals surface area contributed by atoms with Crippen molar-refractivity contribution in [1.29, 1.82) is 0 Å². The van der Waals surface area contributed by atoms with E-state index < -0.39 is 11.8 Å². The molecule has 2 aromatic carbocycles. The lowest BCUT2D eigenvalue weighted by atomic mass is 10.2. The Morgan fingerprint density at radius 2 is 1.54 bits per heavy atom. The van der Waals surface area contributed by atoms with Crippen molar-refractivity contribution in [1.82, 2.24) is 0 Å². The highest BCUT2D eigenvalue weighted by atomic mass is 35.5. The van der Waals surface area contributed by atoms with Gasteiger partial charge in [-0.1, -0.05) is 23.2 Å². The molecule has 0 bridgehead atoms. The molecule has 7 heteroatoms. The van der Waals surface area contributed by atoms with Gasteiger partial charge in [-0.25, -0.2) is 0 Å². The Balaban J connectivity index is 2.15. The van der Waals surface area contributed by atoms with E-state index in [2.05, 4.69) is 10.6 Å². The van der Waals surface area contributed by atoms with Crippen LogP contribution in [-0.4, -0.2) is 18.9 Å². The molecule has 0 saturated carbocycles. The summed E-state index contributed by atoms with van der Waals surface area (Å²) in [6.07, 6.45) is 0. The van der Waals surface area contributed by atoms with Gasteiger partial charge in [-0.15, -0.1) is 0 Å². The van der Waals surface area contributed by atoms with Crippen LogP contribution in [0.4, 0.5) is 11.4 Å². The topological polar surface area (TPSA) is 67.4 Å². The number of halogens is 2. The third kappa shape index (κ3) is 4.19. The molecule has 2 amide bonds. The Bertz CT molecular complexity index is 807. The molecule has 24 heavy (non-hydrogen) atoms. The van der Waals surface area contributed by atoms with E-state index in [1.54, 1.807) is 44.2 Å². The third-order valence-corrected chi connectivity index (χ3v) is 4.01. The van der Waals surface area contributed by atoms with Gasteiger partial charge in [0.05, 0.1) is 12.8 Å². The summed E-state index contributed by atoms with van der Waals surface area (Å²) in [4.78, 5) is 24.2. The number of ether oxygens (including phenoxy) is 1. The number of aryl methyl sites for hydroxylation is 2. The van der Waals surface area contributed by atoms with Crippen molar-refractivity contribution in [3.8, 4) is 5.75 Å². The molecule has 2 N–H and O–H groups in total. The van der Waals surface area contributed by atoms with Crippen molar-refractivity contribution in [3.05, 3.63) is 51.5 Å². The summed E-state index contributed by atoms with van der Waals surface area (Å²) in [7, 11) is 1.45. The van der Waals surface area contributed by atoms with Gasteiger partial charge in [0.15, 0.2) is 0 Å². The van der Waals surface area contributed by atoms with Crippen LogP contribution in [-0.2, 0) is 9.59 Å². The van der Waals surface area contributed by atoms with Crippen molar-refractivity contribution >= 4 is 46.4 Å². The number of hydrogen-bond donors (Lipinski definition) is 2. The van der Waals surface area contributed by atoms with Crippen LogP contribution in [0.5, 0.6) is 5.75 Å². The first-order valence-electron chi connectivity index (χ1n) is 7.04. The van der Waals surface area contributed by atoms with E-state index in [4.69, 9.17) is 27.9 Å². The molecule has 0 aromatic heterocycles. The molecule has 0 aliphatic rings. The van der Waals surface area contributed by atoms with Gasteiger partial charge in [-0.3, -0.25) is 9.59 Å². The lowest BCUT2D eigenvalue weighted by molar-refractivity contribution is -0.133. The summed E-state index contributed by atoms with van der Waals surface area (Å²) in [6.45, 7) is 3.57. The molecule has 0 heterocycles. The van der Waals surface area contributed by atoms with E-state index in [1.807, 2.05) is 0 Å². The zero-order chi connectivity index (χ0) is 17.9. The first-order chi connectivity index (χ1) is 11.3. The predicted molar refractivity (Wildman–Crippen MR) is 96.2 cm³/mol. The Kier molecular flexibility index (Phi) is 5.70. The van der Waals surface area contributed by atoms with Crippen LogP contribution in [0.3, 0.4) is 0 Å². The van der Waals surface area contributed by atoms with Crippen LogP contribution >= 0.6 is 23.2 Å². The number of methoxy groups -OCH3 is 1. The summed E-state index contributed by atoms with van der Waals surface area (Å²) in [6, 6.07) is 8.18. The second-order valence-electron chi connectivity index (χ2n) is 5.17. The highest BCUT2D eigenvalue weighted by Gasteiger charge is 2.17. The molecular formula is C17H16Cl2N2O3. The standard InChI is InChI=1S/C17H16Cl2N2O3/c1-9-7-14(15(24-3)8-12(9)19)21-17(23)16(22)20-13-5-4-11(18)6-10(13)2/h4-8H,1-3H3,(H,20,22)(H,21,23). The smallest absolute Gasteiger partial charge is 0.314 e. The summed E-state index contributed by atoms with van der Waals surface area (Å²) in [5.74, 6) is -1.24. The number of amides is 2. The SMILES string of the molecule is COc1cc(Cl)c(C)cc1NC(=O)C(=O)Nc1ccc(Cl)cc1C. The molecular weight excluding hydrogens is 351 g/mol. The minimum Gasteiger partial charge on any atom is -0.495 e. The second kappa shape index (κ2) is 7.55. The van der Waals surface area contributed by atoms with Crippen molar-refractivity contribution in [2.45, 2.75) is 13.8 Å². The quantitative estimate of drug-likeness (QED) is 0.800. The monoisotopic (exact) mass is 366 g/mol. The summed E-state index contributed by atoms with van der Waals surface area (Å²) in [5.41, 5.74) is 2.39. The van der Waals surface area contributed by atoms with E-state index >= 15 is 0 Å². The van der Waals surface area contributed by atoms with Crippen LogP contribution < -0.4 is 15.4 Å². The largest absolute Gasteiger partial charge is 0.495 e. The lowest BCUT2D eigenvalue weighted by Crippen LogP contribution is -2.29. The molecule has 0 saturated heterocycles. The number of carbonyl (C=O) groups excluding carboxylic acids is 2. The fourth-order valence-electron chi connectivity index (χ4n) is 2.06. The molecule has 0 fully saturated rings. The van der Waals surface area contributed by atoms with Crippen molar-refractivity contribution < 1.29 is 14.3 Å². The minimum atomic E-state index is -0.815. The maximum Gasteiger partial charge on any atom is 0.314 e. The number of nitrogens with one attached hydrogen (secondary N) is 2. The molecule has 126 valence electrons. The Morgan fingerprint density at radius 1 is 0.917 bits per heavy atom. The second-order valence-corrected chi connectivity index (χ2v) is 6.01. The maximum absolute atomic E-state index is 12.1. The minimum absolute atomic E-state index is 0.368. The average Bonchev–Trinajstić information content (AvgIpc) is 2.53. The van der Waals surface area contributed by atoms with Crippen LogP contribution in [0.25, 0.3) is 0 Å². The molecule has 0 aliphatic carbocycles. The van der Waals surface area contributed by atoms with E-state index in [1.165, 1.54) is 7.11 Å². The van der Waals surface area contributed by atoms with E-state index in [0.717, 1.165) is 11.1 Å². The van der Waals surface area contributed by atoms with Crippen LogP contribution in [0.2, 0.25) is 10.0 Å². The normalized spacial score (nSPS) is 10.2. The van der Waals surface area contributed by atoms with E-state index in [0.29, 0.717) is 27.2 Å². The zero-order valence-corrected chi connectivity index (χ0v) is 14.9. The average molecular weight is 367 g/mol. The molecule has 2 rings (SSSR count). The fraction of sp³-hybridized carbons (Fsp3) is 0.176.